The second kappa shape index (κ2) is 4.45. The molecule has 0 aliphatic carbocycles. The van der Waals surface area contributed by atoms with Crippen LogP contribution in [0.5, 0.6) is 0 Å². The summed E-state index contributed by atoms with van der Waals surface area (Å²) in [5, 5.41) is 3.43. The summed E-state index contributed by atoms with van der Waals surface area (Å²) in [6, 6.07) is 3.99. The van der Waals surface area contributed by atoms with Crippen molar-refractivity contribution in [3.63, 3.8) is 0 Å². The molecule has 14 heavy (non-hydrogen) atoms. The standard InChI is InChI=1S/C12H20N2/c1-10(2)12(3,4)9-14-11-5-7-13-8-6-11/h5-8,10H,9H2,1-4H3,(H,13,14). The second-order valence-electron chi connectivity index (χ2n) is 4.73. The van der Waals surface area contributed by atoms with Crippen LogP contribution < -0.4 is 5.32 Å². The van der Waals surface area contributed by atoms with Gasteiger partial charge in [-0.05, 0) is 23.5 Å². The van der Waals surface area contributed by atoms with Gasteiger partial charge >= 0.3 is 0 Å². The maximum Gasteiger partial charge on any atom is 0.0371 e. The van der Waals surface area contributed by atoms with Crippen LogP contribution in [-0.4, -0.2) is 11.5 Å². The Morgan fingerprint density at radius 2 is 1.86 bits per heavy atom. The Morgan fingerprint density at radius 1 is 1.29 bits per heavy atom. The molecule has 0 atom stereocenters. The molecule has 0 spiro atoms. The summed E-state index contributed by atoms with van der Waals surface area (Å²) in [6.45, 7) is 10.1. The molecule has 0 aromatic carbocycles. The highest BCUT2D eigenvalue weighted by Gasteiger charge is 2.21. The van der Waals surface area contributed by atoms with Crippen molar-refractivity contribution in [3.05, 3.63) is 24.5 Å². The minimum absolute atomic E-state index is 0.323. The Morgan fingerprint density at radius 3 is 2.36 bits per heavy atom. The van der Waals surface area contributed by atoms with Crippen molar-refractivity contribution in [2.75, 3.05) is 11.9 Å². The van der Waals surface area contributed by atoms with Crippen molar-refractivity contribution in [2.24, 2.45) is 11.3 Å². The molecule has 0 aliphatic heterocycles. The third-order valence-electron chi connectivity index (χ3n) is 2.99. The number of nitrogens with zero attached hydrogens (tertiary/aromatic N) is 1. The van der Waals surface area contributed by atoms with Crippen LogP contribution in [0.1, 0.15) is 27.7 Å². The topological polar surface area (TPSA) is 24.9 Å². The fourth-order valence-corrected chi connectivity index (χ4v) is 1.00. The van der Waals surface area contributed by atoms with E-state index in [1.54, 1.807) is 0 Å². The highest BCUT2D eigenvalue weighted by Crippen LogP contribution is 2.26. The van der Waals surface area contributed by atoms with E-state index < -0.39 is 0 Å². The van der Waals surface area contributed by atoms with Crippen molar-refractivity contribution in [2.45, 2.75) is 27.7 Å². The van der Waals surface area contributed by atoms with Crippen LogP contribution in [0.2, 0.25) is 0 Å². The molecular formula is C12H20N2. The number of anilines is 1. The molecule has 78 valence electrons. The molecule has 1 aromatic heterocycles. The van der Waals surface area contributed by atoms with E-state index in [0.717, 1.165) is 12.2 Å². The van der Waals surface area contributed by atoms with Crippen LogP contribution in [0.15, 0.2) is 24.5 Å². The van der Waals surface area contributed by atoms with Crippen molar-refractivity contribution in [1.82, 2.24) is 4.98 Å². The minimum atomic E-state index is 0.323. The lowest BCUT2D eigenvalue weighted by molar-refractivity contribution is 0.269. The lowest BCUT2D eigenvalue weighted by Crippen LogP contribution is -2.28. The Balaban J connectivity index is 2.49. The van der Waals surface area contributed by atoms with E-state index in [4.69, 9.17) is 0 Å². The number of nitrogens with one attached hydrogen (secondary N) is 1. The quantitative estimate of drug-likeness (QED) is 0.792. The number of hydrogen-bond acceptors (Lipinski definition) is 2. The average molecular weight is 192 g/mol. The summed E-state index contributed by atoms with van der Waals surface area (Å²) in [7, 11) is 0. The van der Waals surface area contributed by atoms with Crippen molar-refractivity contribution >= 4 is 5.69 Å². The average Bonchev–Trinajstić information content (AvgIpc) is 2.16. The number of aromatic nitrogens is 1. The largest absolute Gasteiger partial charge is 0.384 e. The monoisotopic (exact) mass is 192 g/mol. The molecule has 1 aromatic rings. The molecule has 1 heterocycles. The smallest absolute Gasteiger partial charge is 0.0371 e. The van der Waals surface area contributed by atoms with Crippen LogP contribution >= 0.6 is 0 Å². The molecule has 2 nitrogen and oxygen atoms in total. The van der Waals surface area contributed by atoms with Gasteiger partial charge < -0.3 is 5.32 Å². The predicted octanol–water partition coefficient (Wildman–Crippen LogP) is 3.18. The minimum Gasteiger partial charge on any atom is -0.384 e. The molecule has 0 bridgehead atoms. The predicted molar refractivity (Wildman–Crippen MR) is 61.3 cm³/mol. The summed E-state index contributed by atoms with van der Waals surface area (Å²) < 4.78 is 0. The zero-order valence-corrected chi connectivity index (χ0v) is 9.54. The Labute approximate surface area is 86.8 Å². The summed E-state index contributed by atoms with van der Waals surface area (Å²) in [5.41, 5.74) is 1.47. The molecule has 1 N–H and O–H groups in total. The number of hydrogen-bond donors (Lipinski definition) is 1. The van der Waals surface area contributed by atoms with Gasteiger partial charge in [0, 0.05) is 24.6 Å². The van der Waals surface area contributed by atoms with Gasteiger partial charge in [-0.3, -0.25) is 4.98 Å². The molecule has 1 rings (SSSR count). The molecule has 0 saturated heterocycles. The van der Waals surface area contributed by atoms with E-state index in [0.29, 0.717) is 11.3 Å². The molecule has 0 saturated carbocycles. The number of pyridine rings is 1. The first-order valence-corrected chi connectivity index (χ1v) is 5.16. The van der Waals surface area contributed by atoms with Gasteiger partial charge in [0.2, 0.25) is 0 Å². The van der Waals surface area contributed by atoms with Gasteiger partial charge in [-0.15, -0.1) is 0 Å². The van der Waals surface area contributed by atoms with E-state index in [1.165, 1.54) is 0 Å². The molecule has 0 aliphatic rings. The number of rotatable bonds is 4. The molecule has 2 heteroatoms. The van der Waals surface area contributed by atoms with Gasteiger partial charge in [-0.1, -0.05) is 27.7 Å². The Kier molecular flexibility index (Phi) is 3.50. The summed E-state index contributed by atoms with van der Waals surface area (Å²) in [6.07, 6.45) is 3.62. The molecule has 0 amide bonds. The van der Waals surface area contributed by atoms with Crippen LogP contribution in [0, 0.1) is 11.3 Å². The molecule has 0 radical (unpaired) electrons. The first kappa shape index (κ1) is 11.0. The fraction of sp³-hybridized carbons (Fsp3) is 0.583. The third-order valence-corrected chi connectivity index (χ3v) is 2.99. The zero-order chi connectivity index (χ0) is 10.6. The van der Waals surface area contributed by atoms with Crippen LogP contribution in [0.3, 0.4) is 0 Å². The normalized spacial score (nSPS) is 11.8. The first-order chi connectivity index (χ1) is 6.52. The maximum absolute atomic E-state index is 3.98. The Hall–Kier alpha value is -1.05. The summed E-state index contributed by atoms with van der Waals surface area (Å²) >= 11 is 0. The van der Waals surface area contributed by atoms with E-state index in [2.05, 4.69) is 38.0 Å². The fourth-order valence-electron chi connectivity index (χ4n) is 1.00. The van der Waals surface area contributed by atoms with Crippen molar-refractivity contribution < 1.29 is 0 Å². The van der Waals surface area contributed by atoms with E-state index in [9.17, 15) is 0 Å². The lowest BCUT2D eigenvalue weighted by Gasteiger charge is -2.29. The SMILES string of the molecule is CC(C)C(C)(C)CNc1ccncc1. The molecule has 0 unspecified atom stereocenters. The molecular weight excluding hydrogens is 172 g/mol. The van der Waals surface area contributed by atoms with Gasteiger partial charge in [0.1, 0.15) is 0 Å². The van der Waals surface area contributed by atoms with Gasteiger partial charge in [0.25, 0.3) is 0 Å². The highest BCUT2D eigenvalue weighted by molar-refractivity contribution is 5.40. The maximum atomic E-state index is 3.98. The van der Waals surface area contributed by atoms with Crippen LogP contribution in [-0.2, 0) is 0 Å². The highest BCUT2D eigenvalue weighted by atomic mass is 14.9. The van der Waals surface area contributed by atoms with E-state index >= 15 is 0 Å². The molecule has 0 fully saturated rings. The zero-order valence-electron chi connectivity index (χ0n) is 9.54. The van der Waals surface area contributed by atoms with Gasteiger partial charge in [0.15, 0.2) is 0 Å². The van der Waals surface area contributed by atoms with Gasteiger partial charge in [-0.2, -0.15) is 0 Å². The van der Waals surface area contributed by atoms with Gasteiger partial charge in [0.05, 0.1) is 0 Å². The van der Waals surface area contributed by atoms with Crippen LogP contribution in [0.25, 0.3) is 0 Å². The van der Waals surface area contributed by atoms with Crippen molar-refractivity contribution in [3.8, 4) is 0 Å². The third kappa shape index (κ3) is 3.02. The van der Waals surface area contributed by atoms with Crippen molar-refractivity contribution in [1.29, 1.82) is 0 Å². The first-order valence-electron chi connectivity index (χ1n) is 5.16. The Bertz CT molecular complexity index is 265. The van der Waals surface area contributed by atoms with Gasteiger partial charge in [-0.25, -0.2) is 0 Å². The van der Waals surface area contributed by atoms with E-state index in [-0.39, 0.29) is 0 Å². The summed E-state index contributed by atoms with van der Waals surface area (Å²) in [4.78, 5) is 3.98. The van der Waals surface area contributed by atoms with Crippen LogP contribution in [0.4, 0.5) is 5.69 Å². The summed E-state index contributed by atoms with van der Waals surface area (Å²) in [5.74, 6) is 0.678. The second-order valence-corrected chi connectivity index (χ2v) is 4.73. The van der Waals surface area contributed by atoms with E-state index in [1.807, 2.05) is 24.5 Å². The lowest BCUT2D eigenvalue weighted by atomic mass is 9.81.